The number of ketones is 1. The van der Waals surface area contributed by atoms with Gasteiger partial charge in [0.2, 0.25) is 0 Å². The summed E-state index contributed by atoms with van der Waals surface area (Å²) in [5, 5.41) is 3.29. The summed E-state index contributed by atoms with van der Waals surface area (Å²) in [6, 6.07) is 0. The van der Waals surface area contributed by atoms with E-state index < -0.39 is 0 Å². The summed E-state index contributed by atoms with van der Waals surface area (Å²) in [5.74, 6) is 1.86. The van der Waals surface area contributed by atoms with Gasteiger partial charge in [0.1, 0.15) is 5.78 Å². The molecular formula is C7H11NO. The Labute approximate surface area is 54.6 Å². The van der Waals surface area contributed by atoms with Crippen molar-refractivity contribution in [3.8, 4) is 0 Å². The molecule has 2 rings (SSSR count). The smallest absolute Gasteiger partial charge is 0.133 e. The van der Waals surface area contributed by atoms with Gasteiger partial charge in [-0.15, -0.1) is 0 Å². The van der Waals surface area contributed by atoms with Crippen LogP contribution in [0.5, 0.6) is 0 Å². The molecule has 0 amide bonds. The monoisotopic (exact) mass is 125 g/mol. The lowest BCUT2D eigenvalue weighted by Gasteiger charge is -2.01. The van der Waals surface area contributed by atoms with Crippen LogP contribution in [0.1, 0.15) is 12.8 Å². The molecule has 1 N–H and O–H groups in total. The van der Waals surface area contributed by atoms with Crippen LogP contribution in [0.25, 0.3) is 0 Å². The molecule has 0 spiro atoms. The first-order valence-corrected chi connectivity index (χ1v) is 3.58. The molecule has 0 aromatic rings. The summed E-state index contributed by atoms with van der Waals surface area (Å²) in [5.41, 5.74) is 0. The van der Waals surface area contributed by atoms with Gasteiger partial charge >= 0.3 is 0 Å². The summed E-state index contributed by atoms with van der Waals surface area (Å²) in [4.78, 5) is 10.8. The fraction of sp³-hybridized carbons (Fsp3) is 0.857. The molecule has 2 aliphatic rings. The first-order valence-electron chi connectivity index (χ1n) is 3.58. The Morgan fingerprint density at radius 2 is 1.78 bits per heavy atom. The Bertz CT molecular complexity index is 130. The van der Waals surface area contributed by atoms with E-state index in [2.05, 4.69) is 5.32 Å². The summed E-state index contributed by atoms with van der Waals surface area (Å²) in [6.07, 6.45) is 1.69. The van der Waals surface area contributed by atoms with Crippen molar-refractivity contribution in [3.05, 3.63) is 0 Å². The van der Waals surface area contributed by atoms with Crippen LogP contribution in [0.3, 0.4) is 0 Å². The van der Waals surface area contributed by atoms with Gasteiger partial charge in [-0.3, -0.25) is 4.79 Å². The van der Waals surface area contributed by atoms with Crippen molar-refractivity contribution in [2.45, 2.75) is 12.8 Å². The van der Waals surface area contributed by atoms with E-state index in [1.54, 1.807) is 0 Å². The number of rotatable bonds is 0. The van der Waals surface area contributed by atoms with Crippen molar-refractivity contribution < 1.29 is 4.79 Å². The number of Topliss-reactive ketones (excluding diaryl/α,β-unsaturated/α-hetero) is 1. The number of hydrogen-bond acceptors (Lipinski definition) is 2. The molecule has 1 saturated heterocycles. The van der Waals surface area contributed by atoms with Gasteiger partial charge in [-0.2, -0.15) is 0 Å². The maximum Gasteiger partial charge on any atom is 0.133 e. The summed E-state index contributed by atoms with van der Waals surface area (Å²) in [6.45, 7) is 2.16. The quantitative estimate of drug-likeness (QED) is 0.500. The molecule has 2 nitrogen and oxygen atoms in total. The first kappa shape index (κ1) is 5.42. The Balaban J connectivity index is 2.09. The van der Waals surface area contributed by atoms with Gasteiger partial charge in [-0.25, -0.2) is 0 Å². The highest BCUT2D eigenvalue weighted by Crippen LogP contribution is 2.31. The van der Waals surface area contributed by atoms with Crippen LogP contribution in [0.2, 0.25) is 0 Å². The number of nitrogens with one attached hydrogen (secondary N) is 1. The molecule has 1 saturated carbocycles. The van der Waals surface area contributed by atoms with Gasteiger partial charge in [-0.05, 0) is 24.9 Å². The van der Waals surface area contributed by atoms with E-state index in [0.717, 1.165) is 25.9 Å². The standard InChI is InChI=1S/C7H11NO/c9-7-1-5-3-8-4-6(5)2-7/h5-6,8H,1-4H2/t5-,6+. The van der Waals surface area contributed by atoms with E-state index in [-0.39, 0.29) is 0 Å². The SMILES string of the molecule is O=C1C[C@H]2CNC[C@H]2C1. The molecule has 0 aromatic heterocycles. The zero-order valence-electron chi connectivity index (χ0n) is 5.39. The zero-order chi connectivity index (χ0) is 6.27. The van der Waals surface area contributed by atoms with Crippen LogP contribution in [0, 0.1) is 11.8 Å². The molecule has 50 valence electrons. The summed E-state index contributed by atoms with van der Waals surface area (Å²) in [7, 11) is 0. The minimum absolute atomic E-state index is 0.478. The predicted octanol–water partition coefficient (Wildman–Crippen LogP) is 0.185. The highest BCUT2D eigenvalue weighted by atomic mass is 16.1. The molecule has 2 heteroatoms. The normalized spacial score (nSPS) is 41.6. The van der Waals surface area contributed by atoms with Crippen LogP contribution in [-0.2, 0) is 4.79 Å². The fourth-order valence-electron chi connectivity index (χ4n) is 1.93. The molecule has 9 heavy (non-hydrogen) atoms. The average Bonchev–Trinajstić information content (AvgIpc) is 2.22. The van der Waals surface area contributed by atoms with Crippen LogP contribution in [0.15, 0.2) is 0 Å². The van der Waals surface area contributed by atoms with E-state index >= 15 is 0 Å². The molecule has 0 aromatic carbocycles. The van der Waals surface area contributed by atoms with Crippen molar-refractivity contribution in [2.75, 3.05) is 13.1 Å². The molecule has 0 radical (unpaired) electrons. The Morgan fingerprint density at radius 1 is 1.22 bits per heavy atom. The molecule has 1 aliphatic carbocycles. The Hall–Kier alpha value is -0.370. The highest BCUT2D eigenvalue weighted by molar-refractivity contribution is 5.81. The molecule has 1 heterocycles. The third-order valence-corrected chi connectivity index (χ3v) is 2.46. The van der Waals surface area contributed by atoms with Crippen molar-refractivity contribution in [2.24, 2.45) is 11.8 Å². The Kier molecular flexibility index (Phi) is 1.09. The maximum atomic E-state index is 10.8. The number of hydrogen-bond donors (Lipinski definition) is 1. The highest BCUT2D eigenvalue weighted by Gasteiger charge is 2.35. The van der Waals surface area contributed by atoms with Crippen molar-refractivity contribution in [3.63, 3.8) is 0 Å². The van der Waals surface area contributed by atoms with E-state index in [1.807, 2.05) is 0 Å². The number of carbonyl (C=O) groups excluding carboxylic acids is 1. The van der Waals surface area contributed by atoms with Crippen molar-refractivity contribution in [1.29, 1.82) is 0 Å². The third kappa shape index (κ3) is 0.778. The molecular weight excluding hydrogens is 114 g/mol. The van der Waals surface area contributed by atoms with Gasteiger partial charge < -0.3 is 5.32 Å². The second kappa shape index (κ2) is 1.81. The fourth-order valence-corrected chi connectivity index (χ4v) is 1.93. The summed E-state index contributed by atoms with van der Waals surface area (Å²) < 4.78 is 0. The largest absolute Gasteiger partial charge is 0.316 e. The molecule has 2 atom stereocenters. The van der Waals surface area contributed by atoms with Gasteiger partial charge in [0.25, 0.3) is 0 Å². The van der Waals surface area contributed by atoms with Crippen LogP contribution in [-0.4, -0.2) is 18.9 Å². The molecule has 0 bridgehead atoms. The van der Waals surface area contributed by atoms with Crippen LogP contribution >= 0.6 is 0 Å². The number of fused-ring (bicyclic) bond motifs is 1. The third-order valence-electron chi connectivity index (χ3n) is 2.46. The van der Waals surface area contributed by atoms with E-state index in [9.17, 15) is 4.79 Å². The van der Waals surface area contributed by atoms with Crippen molar-refractivity contribution >= 4 is 5.78 Å². The van der Waals surface area contributed by atoms with Gasteiger partial charge in [-0.1, -0.05) is 0 Å². The average molecular weight is 125 g/mol. The minimum Gasteiger partial charge on any atom is -0.316 e. The first-order chi connectivity index (χ1) is 4.36. The lowest BCUT2D eigenvalue weighted by molar-refractivity contribution is -0.117. The Morgan fingerprint density at radius 3 is 2.33 bits per heavy atom. The molecule has 0 unspecified atom stereocenters. The predicted molar refractivity (Wildman–Crippen MR) is 34.1 cm³/mol. The van der Waals surface area contributed by atoms with E-state index in [0.29, 0.717) is 17.6 Å². The topological polar surface area (TPSA) is 29.1 Å². The lowest BCUT2D eigenvalue weighted by atomic mass is 10.0. The van der Waals surface area contributed by atoms with Gasteiger partial charge in [0, 0.05) is 12.8 Å². The summed E-state index contributed by atoms with van der Waals surface area (Å²) >= 11 is 0. The maximum absolute atomic E-state index is 10.8. The van der Waals surface area contributed by atoms with E-state index in [4.69, 9.17) is 0 Å². The second-order valence-electron chi connectivity index (χ2n) is 3.13. The van der Waals surface area contributed by atoms with Gasteiger partial charge in [0.15, 0.2) is 0 Å². The van der Waals surface area contributed by atoms with Crippen LogP contribution < -0.4 is 5.32 Å². The zero-order valence-corrected chi connectivity index (χ0v) is 5.39. The molecule has 1 aliphatic heterocycles. The van der Waals surface area contributed by atoms with E-state index in [1.165, 1.54) is 0 Å². The van der Waals surface area contributed by atoms with Gasteiger partial charge in [0.05, 0.1) is 0 Å². The van der Waals surface area contributed by atoms with Crippen molar-refractivity contribution in [1.82, 2.24) is 5.32 Å². The number of carbonyl (C=O) groups is 1. The second-order valence-corrected chi connectivity index (χ2v) is 3.13. The minimum atomic E-state index is 0.478. The van der Waals surface area contributed by atoms with Crippen LogP contribution in [0.4, 0.5) is 0 Å². The lowest BCUT2D eigenvalue weighted by Crippen LogP contribution is -2.11. The molecule has 2 fully saturated rings.